The second-order valence-corrected chi connectivity index (χ2v) is 7.24. The number of amides is 1. The summed E-state index contributed by atoms with van der Waals surface area (Å²) < 4.78 is 1.81. The number of thiazole rings is 1. The molecular weight excluding hydrogens is 296 g/mol. The van der Waals surface area contributed by atoms with Gasteiger partial charge in [-0.2, -0.15) is 5.10 Å². The van der Waals surface area contributed by atoms with Gasteiger partial charge in [-0.05, 0) is 37.2 Å². The number of likely N-dealkylation sites (tertiary alicyclic amines) is 1. The molecule has 2 fully saturated rings. The molecule has 2 aromatic heterocycles. The molecule has 1 amide bonds. The summed E-state index contributed by atoms with van der Waals surface area (Å²) in [5.41, 5.74) is 1.20. The fraction of sp³-hybridized carbons (Fsp3) is 0.562. The Morgan fingerprint density at radius 3 is 3.05 bits per heavy atom. The first-order valence-electron chi connectivity index (χ1n) is 7.92. The van der Waals surface area contributed by atoms with E-state index in [0.717, 1.165) is 30.8 Å². The third-order valence-electron chi connectivity index (χ3n) is 4.78. The maximum atomic E-state index is 12.9. The summed E-state index contributed by atoms with van der Waals surface area (Å²) in [5, 5.41) is 7.31. The van der Waals surface area contributed by atoms with Crippen molar-refractivity contribution >= 4 is 17.2 Å². The zero-order valence-corrected chi connectivity index (χ0v) is 13.5. The standard InChI is InChI=1S/C16H20N4OS/c1-19-10-11(9-18-19)12-8-13(12)16(21)20-6-3-2-4-14(20)15-17-5-7-22-15/h5,7,9-10,12-14H,2-4,6,8H2,1H3/t12-,13-,14+/m0/s1. The van der Waals surface area contributed by atoms with Crippen LogP contribution in [0.15, 0.2) is 24.0 Å². The van der Waals surface area contributed by atoms with Crippen LogP contribution >= 0.6 is 11.3 Å². The van der Waals surface area contributed by atoms with E-state index in [1.165, 1.54) is 12.0 Å². The lowest BCUT2D eigenvalue weighted by Crippen LogP contribution is -2.39. The number of nitrogens with zero attached hydrogens (tertiary/aromatic N) is 4. The molecule has 3 heterocycles. The first-order chi connectivity index (χ1) is 10.7. The van der Waals surface area contributed by atoms with Gasteiger partial charge in [0.1, 0.15) is 5.01 Å². The Morgan fingerprint density at radius 1 is 1.41 bits per heavy atom. The molecule has 116 valence electrons. The fourth-order valence-electron chi connectivity index (χ4n) is 3.53. The van der Waals surface area contributed by atoms with Gasteiger partial charge in [-0.25, -0.2) is 4.98 Å². The van der Waals surface area contributed by atoms with E-state index in [1.54, 1.807) is 11.3 Å². The predicted octanol–water partition coefficient (Wildman–Crippen LogP) is 2.73. The van der Waals surface area contributed by atoms with Crippen molar-refractivity contribution in [3.05, 3.63) is 34.5 Å². The van der Waals surface area contributed by atoms with Crippen LogP contribution in [0.25, 0.3) is 0 Å². The highest BCUT2D eigenvalue weighted by atomic mass is 32.1. The van der Waals surface area contributed by atoms with E-state index >= 15 is 0 Å². The first kappa shape index (κ1) is 13.9. The van der Waals surface area contributed by atoms with Gasteiger partial charge < -0.3 is 4.90 Å². The lowest BCUT2D eigenvalue weighted by molar-refractivity contribution is -0.136. The maximum Gasteiger partial charge on any atom is 0.226 e. The predicted molar refractivity (Wildman–Crippen MR) is 84.5 cm³/mol. The van der Waals surface area contributed by atoms with Crippen LogP contribution in [0.1, 0.15) is 48.2 Å². The minimum absolute atomic E-state index is 0.143. The van der Waals surface area contributed by atoms with Crippen molar-refractivity contribution in [3.8, 4) is 0 Å². The maximum absolute atomic E-state index is 12.9. The minimum Gasteiger partial charge on any atom is -0.333 e. The van der Waals surface area contributed by atoms with Crippen LogP contribution in [0.4, 0.5) is 0 Å². The molecule has 0 unspecified atom stereocenters. The Kier molecular flexibility index (Phi) is 3.48. The first-order valence-corrected chi connectivity index (χ1v) is 8.80. The van der Waals surface area contributed by atoms with Crippen molar-refractivity contribution in [2.75, 3.05) is 6.54 Å². The molecule has 0 spiro atoms. The molecule has 0 aromatic carbocycles. The summed E-state index contributed by atoms with van der Waals surface area (Å²) in [6.45, 7) is 0.874. The molecule has 22 heavy (non-hydrogen) atoms. The number of aromatic nitrogens is 3. The third-order valence-corrected chi connectivity index (χ3v) is 5.66. The van der Waals surface area contributed by atoms with E-state index in [-0.39, 0.29) is 12.0 Å². The van der Waals surface area contributed by atoms with Gasteiger partial charge in [-0.3, -0.25) is 9.48 Å². The monoisotopic (exact) mass is 316 g/mol. The van der Waals surface area contributed by atoms with Gasteiger partial charge in [0.2, 0.25) is 5.91 Å². The minimum atomic E-state index is 0.143. The van der Waals surface area contributed by atoms with E-state index in [1.807, 2.05) is 35.7 Å². The molecule has 2 aliphatic rings. The van der Waals surface area contributed by atoms with Crippen molar-refractivity contribution in [2.45, 2.75) is 37.6 Å². The lowest BCUT2D eigenvalue weighted by Gasteiger charge is -2.34. The summed E-state index contributed by atoms with van der Waals surface area (Å²) in [5.74, 6) is 0.818. The van der Waals surface area contributed by atoms with Crippen LogP contribution in [-0.4, -0.2) is 32.1 Å². The van der Waals surface area contributed by atoms with Crippen LogP contribution in [0.5, 0.6) is 0 Å². The van der Waals surface area contributed by atoms with E-state index in [4.69, 9.17) is 0 Å². The van der Waals surface area contributed by atoms with Gasteiger partial charge in [0, 0.05) is 37.3 Å². The van der Waals surface area contributed by atoms with Gasteiger partial charge >= 0.3 is 0 Å². The lowest BCUT2D eigenvalue weighted by atomic mass is 10.0. The van der Waals surface area contributed by atoms with Gasteiger partial charge in [-0.1, -0.05) is 0 Å². The summed E-state index contributed by atoms with van der Waals surface area (Å²) in [7, 11) is 1.92. The summed E-state index contributed by atoms with van der Waals surface area (Å²) in [4.78, 5) is 19.5. The molecule has 0 bridgehead atoms. The molecule has 1 aliphatic carbocycles. The molecule has 1 saturated carbocycles. The molecule has 1 saturated heterocycles. The van der Waals surface area contributed by atoms with Crippen LogP contribution in [0, 0.1) is 5.92 Å². The molecule has 3 atom stereocenters. The number of piperidine rings is 1. The number of carbonyl (C=O) groups is 1. The normalized spacial score (nSPS) is 27.9. The van der Waals surface area contributed by atoms with Crippen LogP contribution in [-0.2, 0) is 11.8 Å². The van der Waals surface area contributed by atoms with E-state index < -0.39 is 0 Å². The third kappa shape index (κ3) is 2.45. The van der Waals surface area contributed by atoms with Crippen LogP contribution < -0.4 is 0 Å². The Labute approximate surface area is 134 Å². The Hall–Kier alpha value is -1.69. The largest absolute Gasteiger partial charge is 0.333 e. The highest BCUT2D eigenvalue weighted by Crippen LogP contribution is 2.49. The summed E-state index contributed by atoms with van der Waals surface area (Å²) in [6.07, 6.45) is 10.1. The number of carbonyl (C=O) groups excluding carboxylic acids is 1. The average molecular weight is 316 g/mol. The molecular formula is C16H20N4OS. The molecule has 1 aliphatic heterocycles. The molecule has 0 radical (unpaired) electrons. The highest BCUT2D eigenvalue weighted by Gasteiger charge is 2.48. The average Bonchev–Trinajstić information content (AvgIpc) is 2.95. The smallest absolute Gasteiger partial charge is 0.226 e. The van der Waals surface area contributed by atoms with Crippen molar-refractivity contribution in [3.63, 3.8) is 0 Å². The number of aryl methyl sites for hydroxylation is 1. The van der Waals surface area contributed by atoms with Gasteiger partial charge in [0.05, 0.1) is 12.2 Å². The van der Waals surface area contributed by atoms with Crippen LogP contribution in [0.3, 0.4) is 0 Å². The summed E-state index contributed by atoms with van der Waals surface area (Å²) >= 11 is 1.66. The van der Waals surface area contributed by atoms with Gasteiger partial charge in [-0.15, -0.1) is 11.3 Å². The fourth-order valence-corrected chi connectivity index (χ4v) is 4.32. The van der Waals surface area contributed by atoms with Crippen LogP contribution in [0.2, 0.25) is 0 Å². The summed E-state index contributed by atoms with van der Waals surface area (Å²) in [6, 6.07) is 0.191. The number of rotatable bonds is 3. The molecule has 4 rings (SSSR count). The second-order valence-electron chi connectivity index (χ2n) is 6.31. The molecule has 2 aromatic rings. The topological polar surface area (TPSA) is 51.0 Å². The Balaban J connectivity index is 1.50. The highest BCUT2D eigenvalue weighted by molar-refractivity contribution is 7.09. The zero-order chi connectivity index (χ0) is 15.1. The van der Waals surface area contributed by atoms with E-state index in [0.29, 0.717) is 11.8 Å². The van der Waals surface area contributed by atoms with E-state index in [2.05, 4.69) is 15.0 Å². The Morgan fingerprint density at radius 2 is 2.32 bits per heavy atom. The molecule has 6 heteroatoms. The van der Waals surface area contributed by atoms with Gasteiger partial charge in [0.25, 0.3) is 0 Å². The molecule has 0 N–H and O–H groups in total. The van der Waals surface area contributed by atoms with Gasteiger partial charge in [0.15, 0.2) is 0 Å². The van der Waals surface area contributed by atoms with Crippen molar-refractivity contribution < 1.29 is 4.79 Å². The Bertz CT molecular complexity index is 666. The molecule has 5 nitrogen and oxygen atoms in total. The van der Waals surface area contributed by atoms with Crippen molar-refractivity contribution in [1.29, 1.82) is 0 Å². The number of hydrogen-bond donors (Lipinski definition) is 0. The number of hydrogen-bond acceptors (Lipinski definition) is 4. The zero-order valence-electron chi connectivity index (χ0n) is 12.7. The SMILES string of the molecule is Cn1cc([C@@H]2C[C@@H]2C(=O)N2CCCC[C@@H]2c2nccs2)cn1. The second kappa shape index (κ2) is 5.50. The quantitative estimate of drug-likeness (QED) is 0.875. The van der Waals surface area contributed by atoms with E-state index in [9.17, 15) is 4.79 Å². The van der Waals surface area contributed by atoms with Crippen molar-refractivity contribution in [2.24, 2.45) is 13.0 Å². The van der Waals surface area contributed by atoms with Crippen molar-refractivity contribution in [1.82, 2.24) is 19.7 Å².